The van der Waals surface area contributed by atoms with E-state index in [2.05, 4.69) is 5.32 Å². The molecule has 2 amide bonds. The number of amides is 2. The maximum atomic E-state index is 13.1. The van der Waals surface area contributed by atoms with Crippen LogP contribution in [0.3, 0.4) is 0 Å². The SMILES string of the molecule is COc1cc2cc(c1Cl)N(C)C(=O)CC[C@]1(C)OC1C[C@@H]1C[C@@](O)(NC(=O)O1)[C@H](O)/C=C/C=C(\C)C2. The van der Waals surface area contributed by atoms with Gasteiger partial charge in [0.1, 0.15) is 23.0 Å². The molecule has 3 aliphatic rings. The molecule has 0 radical (unpaired) electrons. The fraction of sp³-hybridized carbons (Fsp3) is 0.538. The second-order valence-corrected chi connectivity index (χ2v) is 10.4. The lowest BCUT2D eigenvalue weighted by atomic mass is 9.91. The molecule has 1 aromatic carbocycles. The number of halogens is 1. The number of nitrogens with zero attached hydrogens (tertiary/aromatic N) is 1. The highest BCUT2D eigenvalue weighted by Gasteiger charge is 2.55. The van der Waals surface area contributed by atoms with Gasteiger partial charge in [-0.1, -0.05) is 35.4 Å². The summed E-state index contributed by atoms with van der Waals surface area (Å²) in [5.74, 6) is 0.349. The lowest BCUT2D eigenvalue weighted by Crippen LogP contribution is -2.62. The van der Waals surface area contributed by atoms with Crippen LogP contribution < -0.4 is 15.0 Å². The number of anilines is 1. The van der Waals surface area contributed by atoms with Gasteiger partial charge in [0.05, 0.1) is 24.5 Å². The maximum absolute atomic E-state index is 13.1. The molecule has 3 N–H and O–H groups in total. The van der Waals surface area contributed by atoms with Crippen molar-refractivity contribution < 1.29 is 34.0 Å². The Morgan fingerprint density at radius 3 is 2.78 bits per heavy atom. The third-order valence-electron chi connectivity index (χ3n) is 7.16. The fourth-order valence-corrected chi connectivity index (χ4v) is 5.14. The van der Waals surface area contributed by atoms with Crippen LogP contribution in [0, 0.1) is 0 Å². The van der Waals surface area contributed by atoms with Crippen LogP contribution in [0.4, 0.5) is 10.5 Å². The first kappa shape index (κ1) is 26.5. The van der Waals surface area contributed by atoms with Gasteiger partial charge >= 0.3 is 6.09 Å². The van der Waals surface area contributed by atoms with E-state index in [0.29, 0.717) is 35.7 Å². The molecular formula is C26H33ClN2O7. The molecule has 0 spiro atoms. The normalized spacial score (nSPS) is 35.6. The molecule has 4 rings (SSSR count). The molecule has 1 unspecified atom stereocenters. The van der Waals surface area contributed by atoms with E-state index in [1.807, 2.05) is 26.0 Å². The Bertz CT molecular complexity index is 1110. The van der Waals surface area contributed by atoms with Gasteiger partial charge in [0.25, 0.3) is 0 Å². The van der Waals surface area contributed by atoms with E-state index in [9.17, 15) is 19.8 Å². The van der Waals surface area contributed by atoms with Crippen molar-refractivity contribution in [1.29, 1.82) is 0 Å². The van der Waals surface area contributed by atoms with Crippen LogP contribution in [0.25, 0.3) is 0 Å². The topological polar surface area (TPSA) is 121 Å². The summed E-state index contributed by atoms with van der Waals surface area (Å²) in [6, 6.07) is 3.69. The van der Waals surface area contributed by atoms with E-state index in [0.717, 1.165) is 11.1 Å². The van der Waals surface area contributed by atoms with E-state index < -0.39 is 29.6 Å². The van der Waals surface area contributed by atoms with E-state index in [1.54, 1.807) is 19.2 Å². The number of aliphatic hydroxyl groups is 2. The molecule has 9 nitrogen and oxygen atoms in total. The number of carbonyl (C=O) groups is 2. The standard InChI is InChI=1S/C26H33ClN2O7/c1-15-6-5-7-20(30)26(33)14-17(35-24(32)28-26)13-21-25(2,36-21)9-8-22(31)29(3)18-11-16(10-15)12-19(34-4)23(18)27/h5-7,11-12,17,20-21,30,33H,8-10,13-14H2,1-4H3,(H,28,32)/b7-5+,15-6+/t17-,20-,21?,25+,26+/m1/s1. The Hall–Kier alpha value is -2.59. The minimum Gasteiger partial charge on any atom is -0.495 e. The average Bonchev–Trinajstić information content (AvgIpc) is 3.45. The number of hydrogen-bond acceptors (Lipinski definition) is 7. The largest absolute Gasteiger partial charge is 0.495 e. The first-order valence-electron chi connectivity index (χ1n) is 12.0. The zero-order valence-electron chi connectivity index (χ0n) is 20.9. The lowest BCUT2D eigenvalue weighted by molar-refractivity contribution is -0.125. The summed E-state index contributed by atoms with van der Waals surface area (Å²) in [5.41, 5.74) is -0.0320. The Kier molecular flexibility index (Phi) is 7.39. The number of methoxy groups -OCH3 is 1. The molecule has 3 heterocycles. The number of ether oxygens (including phenoxy) is 3. The zero-order valence-corrected chi connectivity index (χ0v) is 21.7. The van der Waals surface area contributed by atoms with Crippen molar-refractivity contribution in [2.75, 3.05) is 19.1 Å². The number of rotatable bonds is 1. The number of alkyl carbamates (subject to hydrolysis) is 1. The lowest BCUT2D eigenvalue weighted by Gasteiger charge is -2.39. The molecule has 0 aliphatic carbocycles. The van der Waals surface area contributed by atoms with Crippen molar-refractivity contribution in [1.82, 2.24) is 5.32 Å². The van der Waals surface area contributed by atoms with Crippen molar-refractivity contribution in [3.8, 4) is 5.75 Å². The van der Waals surface area contributed by atoms with Gasteiger partial charge in [-0.2, -0.15) is 0 Å². The van der Waals surface area contributed by atoms with E-state index in [-0.39, 0.29) is 24.9 Å². The Labute approximate surface area is 215 Å². The van der Waals surface area contributed by atoms with Gasteiger partial charge in [-0.25, -0.2) is 4.79 Å². The number of allylic oxidation sites excluding steroid dienone is 3. The third kappa shape index (κ3) is 5.54. The van der Waals surface area contributed by atoms with Crippen molar-refractivity contribution >= 4 is 29.3 Å². The second-order valence-electron chi connectivity index (χ2n) is 10.0. The first-order valence-corrected chi connectivity index (χ1v) is 12.4. The first-order chi connectivity index (χ1) is 16.9. The number of carbonyl (C=O) groups excluding carboxylic acids is 2. The van der Waals surface area contributed by atoms with Crippen molar-refractivity contribution in [2.45, 2.75) is 75.6 Å². The van der Waals surface area contributed by atoms with Crippen molar-refractivity contribution in [2.24, 2.45) is 0 Å². The van der Waals surface area contributed by atoms with Crippen LogP contribution in [-0.2, 0) is 20.7 Å². The highest BCUT2D eigenvalue weighted by molar-refractivity contribution is 6.35. The summed E-state index contributed by atoms with van der Waals surface area (Å²) in [6.07, 6.45) is 3.38. The van der Waals surface area contributed by atoms with Crippen LogP contribution in [-0.4, -0.2) is 66.0 Å². The Morgan fingerprint density at radius 1 is 1.31 bits per heavy atom. The predicted molar refractivity (Wildman–Crippen MR) is 134 cm³/mol. The van der Waals surface area contributed by atoms with Gasteiger partial charge < -0.3 is 29.3 Å². The van der Waals surface area contributed by atoms with E-state index in [1.165, 1.54) is 18.1 Å². The molecule has 2 fully saturated rings. The molecule has 10 heteroatoms. The number of fused-ring (bicyclic) bond motifs is 5. The average molecular weight is 521 g/mol. The summed E-state index contributed by atoms with van der Waals surface area (Å²) in [7, 11) is 3.21. The Balaban J connectivity index is 1.67. The van der Waals surface area contributed by atoms with Gasteiger partial charge in [0, 0.05) is 26.3 Å². The summed E-state index contributed by atoms with van der Waals surface area (Å²) in [6.45, 7) is 3.83. The molecule has 4 bridgehead atoms. The monoisotopic (exact) mass is 520 g/mol. The molecule has 36 heavy (non-hydrogen) atoms. The molecule has 3 aliphatic heterocycles. The number of benzene rings is 1. The number of epoxide rings is 1. The van der Waals surface area contributed by atoms with Gasteiger partial charge in [0.15, 0.2) is 5.72 Å². The zero-order chi connectivity index (χ0) is 26.3. The van der Waals surface area contributed by atoms with Gasteiger partial charge in [-0.15, -0.1) is 0 Å². The second kappa shape index (κ2) is 10.0. The third-order valence-corrected chi connectivity index (χ3v) is 7.54. The summed E-state index contributed by atoms with van der Waals surface area (Å²) < 4.78 is 16.7. The summed E-state index contributed by atoms with van der Waals surface area (Å²) in [4.78, 5) is 26.8. The number of hydrogen-bond donors (Lipinski definition) is 3. The molecule has 5 atom stereocenters. The molecule has 0 aromatic heterocycles. The number of aliphatic hydroxyl groups excluding tert-OH is 1. The van der Waals surface area contributed by atoms with Crippen molar-refractivity contribution in [3.05, 3.63) is 46.5 Å². The van der Waals surface area contributed by atoms with Crippen LogP contribution in [0.2, 0.25) is 5.02 Å². The highest BCUT2D eigenvalue weighted by atomic mass is 35.5. The highest BCUT2D eigenvalue weighted by Crippen LogP contribution is 2.45. The van der Waals surface area contributed by atoms with Crippen LogP contribution in [0.15, 0.2) is 35.9 Å². The van der Waals surface area contributed by atoms with Gasteiger partial charge in [-0.3, -0.25) is 10.1 Å². The molecule has 0 saturated carbocycles. The smallest absolute Gasteiger partial charge is 0.409 e. The minimum atomic E-state index is -1.87. The molecule has 1 aromatic rings. The van der Waals surface area contributed by atoms with Crippen molar-refractivity contribution in [3.63, 3.8) is 0 Å². The van der Waals surface area contributed by atoms with Gasteiger partial charge in [0.2, 0.25) is 5.91 Å². The van der Waals surface area contributed by atoms with E-state index in [4.69, 9.17) is 25.8 Å². The molecular weight excluding hydrogens is 488 g/mol. The van der Waals surface area contributed by atoms with Crippen LogP contribution in [0.5, 0.6) is 5.75 Å². The molecule has 196 valence electrons. The van der Waals surface area contributed by atoms with Crippen LogP contribution >= 0.6 is 11.6 Å². The number of nitrogens with one attached hydrogen (secondary N) is 1. The fourth-order valence-electron chi connectivity index (χ4n) is 4.83. The summed E-state index contributed by atoms with van der Waals surface area (Å²) >= 11 is 6.56. The maximum Gasteiger partial charge on any atom is 0.409 e. The quantitative estimate of drug-likeness (QED) is 0.486. The predicted octanol–water partition coefficient (Wildman–Crippen LogP) is 3.25. The van der Waals surface area contributed by atoms with Gasteiger partial charge in [-0.05, 0) is 44.4 Å². The van der Waals surface area contributed by atoms with Crippen LogP contribution in [0.1, 0.15) is 45.1 Å². The summed E-state index contributed by atoms with van der Waals surface area (Å²) in [5, 5.41) is 24.4. The van der Waals surface area contributed by atoms with E-state index >= 15 is 0 Å². The Morgan fingerprint density at radius 2 is 2.06 bits per heavy atom. The molecule has 2 saturated heterocycles. The minimum absolute atomic E-state index is 0.00528.